The zero-order valence-electron chi connectivity index (χ0n) is 33.3. The SMILES string of the molecule is CNC(C)C(=O)NC(C(=O)NCCN1CC(=O)NC(Cc2ccccc2)C(=O)NC(C(=O)O)Cc2ccc(cc2)OCc2cn(nn2)Cc2cccc(c2)C1)C(C)C. The monoisotopic (exact) mass is 795 g/mol. The fourth-order valence-electron chi connectivity index (χ4n) is 6.45. The number of carboxylic acids is 1. The topological polar surface area (TPSA) is 209 Å². The number of nitrogens with one attached hydrogen (secondary N) is 5. The quantitative estimate of drug-likeness (QED) is 0.120. The Morgan fingerprint density at radius 1 is 0.897 bits per heavy atom. The van der Waals surface area contributed by atoms with Crippen molar-refractivity contribution in [2.24, 2.45) is 5.92 Å². The van der Waals surface area contributed by atoms with Gasteiger partial charge in [-0.1, -0.05) is 85.8 Å². The van der Waals surface area contributed by atoms with Gasteiger partial charge in [0.15, 0.2) is 0 Å². The van der Waals surface area contributed by atoms with Crippen LogP contribution in [0.4, 0.5) is 0 Å². The normalized spacial score (nSPS) is 17.9. The van der Waals surface area contributed by atoms with Gasteiger partial charge in [-0.05, 0) is 54.3 Å². The number of likely N-dealkylation sites (N-methyl/N-ethyl adjacent to an activating group) is 1. The van der Waals surface area contributed by atoms with Crippen molar-refractivity contribution in [3.63, 3.8) is 0 Å². The van der Waals surface area contributed by atoms with E-state index in [1.165, 1.54) is 0 Å². The highest BCUT2D eigenvalue weighted by Crippen LogP contribution is 2.17. The molecule has 16 nitrogen and oxygen atoms in total. The van der Waals surface area contributed by atoms with Crippen LogP contribution in [-0.4, -0.2) is 105 Å². The number of amides is 4. The summed E-state index contributed by atoms with van der Waals surface area (Å²) in [5.74, 6) is -2.62. The highest BCUT2D eigenvalue weighted by Gasteiger charge is 2.29. The van der Waals surface area contributed by atoms with Gasteiger partial charge in [0.1, 0.15) is 36.2 Å². The number of nitrogens with zero attached hydrogens (tertiary/aromatic N) is 4. The summed E-state index contributed by atoms with van der Waals surface area (Å²) < 4.78 is 7.63. The predicted molar refractivity (Wildman–Crippen MR) is 215 cm³/mol. The number of aliphatic carboxylic acids is 1. The number of rotatable bonds is 11. The standard InChI is InChI=1S/C42H53N9O7/c1-27(2)38(47-39(53)28(3)43-4)41(55)44-17-18-50-22-31-11-8-12-32(19-31)23-51-24-33(48-49-51)26-58-34-15-13-30(14-16-34)21-36(42(56)57)46-40(54)35(45-37(52)25-50)20-29-9-6-5-7-10-29/h5-16,19,24,27-28,35-36,38,43H,17-18,20-23,25-26H2,1-4H3,(H,44,55)(H,45,52)(H,46,54)(H,47,53)(H,56,57). The summed E-state index contributed by atoms with van der Waals surface area (Å²) in [4.78, 5) is 68.0. The molecule has 0 fully saturated rings. The largest absolute Gasteiger partial charge is 0.487 e. The van der Waals surface area contributed by atoms with E-state index in [4.69, 9.17) is 4.74 Å². The van der Waals surface area contributed by atoms with Crippen molar-refractivity contribution in [1.82, 2.24) is 46.5 Å². The number of fused-ring (bicyclic) bond motifs is 12. The van der Waals surface area contributed by atoms with Crippen LogP contribution in [-0.2, 0) is 56.5 Å². The molecule has 1 aromatic heterocycles. The van der Waals surface area contributed by atoms with Crippen LogP contribution in [0.15, 0.2) is 85.1 Å². The fourth-order valence-corrected chi connectivity index (χ4v) is 6.45. The Morgan fingerprint density at radius 3 is 2.31 bits per heavy atom. The van der Waals surface area contributed by atoms with Gasteiger partial charge in [0.2, 0.25) is 23.6 Å². The lowest BCUT2D eigenvalue weighted by Gasteiger charge is -2.26. The molecule has 308 valence electrons. The minimum absolute atomic E-state index is 0.00444. The number of carboxylic acid groups (broad SMARTS) is 1. The smallest absolute Gasteiger partial charge is 0.326 e. The van der Waals surface area contributed by atoms with Crippen LogP contribution < -0.4 is 31.3 Å². The molecule has 6 N–H and O–H groups in total. The summed E-state index contributed by atoms with van der Waals surface area (Å²) in [7, 11) is 1.66. The molecule has 6 bridgehead atoms. The third-order valence-corrected chi connectivity index (χ3v) is 9.79. The van der Waals surface area contributed by atoms with Crippen molar-refractivity contribution in [2.45, 2.75) is 77.5 Å². The lowest BCUT2D eigenvalue weighted by atomic mass is 10.0. The molecule has 6 rings (SSSR count). The second-order valence-electron chi connectivity index (χ2n) is 14.8. The number of benzene rings is 3. The maximum atomic E-state index is 13.9. The van der Waals surface area contributed by atoms with Gasteiger partial charge in [-0.25, -0.2) is 9.48 Å². The molecule has 4 aromatic rings. The zero-order chi connectivity index (χ0) is 41.6. The van der Waals surface area contributed by atoms with Crippen molar-refractivity contribution >= 4 is 29.6 Å². The van der Waals surface area contributed by atoms with Gasteiger partial charge in [0, 0.05) is 32.5 Å². The Morgan fingerprint density at radius 2 is 1.62 bits per heavy atom. The van der Waals surface area contributed by atoms with E-state index >= 15 is 0 Å². The summed E-state index contributed by atoms with van der Waals surface area (Å²) in [6.45, 7) is 6.57. The van der Waals surface area contributed by atoms with E-state index in [0.29, 0.717) is 30.1 Å². The second kappa shape index (κ2) is 20.9. The van der Waals surface area contributed by atoms with Crippen molar-refractivity contribution < 1.29 is 33.8 Å². The van der Waals surface area contributed by atoms with Crippen molar-refractivity contribution in [3.05, 3.63) is 113 Å². The number of hydrogen-bond donors (Lipinski definition) is 6. The fraction of sp³-hybridized carbons (Fsp3) is 0.405. The summed E-state index contributed by atoms with van der Waals surface area (Å²) in [5.41, 5.74) is 3.88. The van der Waals surface area contributed by atoms with Crippen LogP contribution >= 0.6 is 0 Å². The minimum Gasteiger partial charge on any atom is -0.487 e. The average Bonchev–Trinajstić information content (AvgIpc) is 3.65. The summed E-state index contributed by atoms with van der Waals surface area (Å²) in [5, 5.41) is 32.8. The molecule has 16 heteroatoms. The first kappa shape index (κ1) is 43.0. The maximum Gasteiger partial charge on any atom is 0.326 e. The number of ether oxygens (including phenoxy) is 1. The van der Waals surface area contributed by atoms with E-state index in [1.54, 1.807) is 49.1 Å². The highest BCUT2D eigenvalue weighted by atomic mass is 16.5. The Hall–Kier alpha value is -6.13. The third-order valence-electron chi connectivity index (χ3n) is 9.79. The molecule has 4 atom stereocenters. The van der Waals surface area contributed by atoms with Crippen LogP contribution in [0.1, 0.15) is 48.7 Å². The first-order valence-electron chi connectivity index (χ1n) is 19.4. The summed E-state index contributed by atoms with van der Waals surface area (Å²) in [6, 6.07) is 20.3. The maximum absolute atomic E-state index is 13.9. The Kier molecular flexibility index (Phi) is 15.5. The Labute approximate surface area is 338 Å². The molecule has 0 spiro atoms. The summed E-state index contributed by atoms with van der Waals surface area (Å²) >= 11 is 0. The number of hydrogen-bond acceptors (Lipinski definition) is 10. The lowest BCUT2D eigenvalue weighted by Crippen LogP contribution is -2.55. The number of aromatic nitrogens is 3. The molecule has 4 unspecified atom stereocenters. The molecule has 3 heterocycles. The van der Waals surface area contributed by atoms with E-state index in [0.717, 1.165) is 16.7 Å². The molecular formula is C42H53N9O7. The van der Waals surface area contributed by atoms with Gasteiger partial charge in [-0.3, -0.25) is 24.1 Å². The number of carbonyl (C=O) groups is 5. The molecule has 0 aliphatic carbocycles. The molecule has 0 saturated carbocycles. The summed E-state index contributed by atoms with van der Waals surface area (Å²) in [6.07, 6.45) is 1.91. The first-order valence-corrected chi connectivity index (χ1v) is 19.4. The van der Waals surface area contributed by atoms with Crippen molar-refractivity contribution in [2.75, 3.05) is 26.7 Å². The third kappa shape index (κ3) is 13.0. The van der Waals surface area contributed by atoms with Gasteiger partial charge in [0.05, 0.1) is 25.3 Å². The van der Waals surface area contributed by atoms with Crippen LogP contribution in [0.2, 0.25) is 0 Å². The van der Waals surface area contributed by atoms with Crippen LogP contribution in [0, 0.1) is 5.92 Å². The highest BCUT2D eigenvalue weighted by molar-refractivity contribution is 5.91. The van der Waals surface area contributed by atoms with E-state index < -0.39 is 42.0 Å². The van der Waals surface area contributed by atoms with Crippen molar-refractivity contribution in [3.8, 4) is 5.75 Å². The Bertz CT molecular complexity index is 2010. The molecule has 3 aromatic carbocycles. The van der Waals surface area contributed by atoms with Gasteiger partial charge in [0.25, 0.3) is 0 Å². The first-order chi connectivity index (χ1) is 27.9. The molecule has 4 amide bonds. The second-order valence-corrected chi connectivity index (χ2v) is 14.8. The molecule has 0 saturated heterocycles. The zero-order valence-corrected chi connectivity index (χ0v) is 33.3. The lowest BCUT2D eigenvalue weighted by molar-refractivity contribution is -0.142. The van der Waals surface area contributed by atoms with E-state index in [9.17, 15) is 29.1 Å². The molecular weight excluding hydrogens is 743 g/mol. The van der Waals surface area contributed by atoms with E-state index in [1.807, 2.05) is 73.3 Å². The van der Waals surface area contributed by atoms with Crippen LogP contribution in [0.25, 0.3) is 0 Å². The van der Waals surface area contributed by atoms with Gasteiger partial charge in [-0.15, -0.1) is 5.10 Å². The van der Waals surface area contributed by atoms with Gasteiger partial charge in [-0.2, -0.15) is 0 Å². The van der Waals surface area contributed by atoms with E-state index in [-0.39, 0.29) is 56.8 Å². The molecule has 58 heavy (non-hydrogen) atoms. The molecule has 2 aliphatic heterocycles. The number of carbonyl (C=O) groups excluding carboxylic acids is 4. The van der Waals surface area contributed by atoms with Crippen LogP contribution in [0.5, 0.6) is 5.75 Å². The van der Waals surface area contributed by atoms with Gasteiger partial charge < -0.3 is 36.4 Å². The molecule has 0 radical (unpaired) electrons. The van der Waals surface area contributed by atoms with E-state index in [2.05, 4.69) is 36.9 Å². The minimum atomic E-state index is -1.28. The predicted octanol–water partition coefficient (Wildman–Crippen LogP) is 1.43. The van der Waals surface area contributed by atoms with Gasteiger partial charge >= 0.3 is 5.97 Å². The Balaban J connectivity index is 1.40. The average molecular weight is 796 g/mol. The molecule has 2 aliphatic rings. The van der Waals surface area contributed by atoms with Crippen LogP contribution in [0.3, 0.4) is 0 Å². The van der Waals surface area contributed by atoms with Crippen molar-refractivity contribution in [1.29, 1.82) is 0 Å².